The Labute approximate surface area is 168 Å². The first-order chi connectivity index (χ1) is 12.9. The number of rotatable bonds is 6. The van der Waals surface area contributed by atoms with E-state index in [1.165, 1.54) is 4.31 Å². The molecule has 1 fully saturated rings. The molecule has 0 saturated carbocycles. The highest BCUT2D eigenvalue weighted by Crippen LogP contribution is 2.22. The third kappa shape index (κ3) is 5.60. The molecule has 27 heavy (non-hydrogen) atoms. The van der Waals surface area contributed by atoms with Gasteiger partial charge in [-0.05, 0) is 48.2 Å². The predicted octanol–water partition coefficient (Wildman–Crippen LogP) is 2.70. The van der Waals surface area contributed by atoms with Crippen LogP contribution in [-0.4, -0.2) is 36.7 Å². The van der Waals surface area contributed by atoms with Crippen LogP contribution in [0, 0.1) is 5.92 Å². The molecule has 1 aliphatic rings. The highest BCUT2D eigenvalue weighted by Gasteiger charge is 2.31. The number of hydrogen-bond acceptors (Lipinski definition) is 4. The maximum Gasteiger partial charge on any atom is 0.223 e. The summed E-state index contributed by atoms with van der Waals surface area (Å²) in [5.41, 5.74) is 1.75. The zero-order valence-electron chi connectivity index (χ0n) is 14.8. The van der Waals surface area contributed by atoms with Gasteiger partial charge in [-0.1, -0.05) is 28.1 Å². The molecular weight excluding hydrogens is 430 g/mol. The molecule has 3 rings (SSSR count). The van der Waals surface area contributed by atoms with Crippen LogP contribution >= 0.6 is 15.9 Å². The van der Waals surface area contributed by atoms with Crippen molar-refractivity contribution in [3.8, 4) is 0 Å². The molecular formula is C19H22BrN3O3S. The van der Waals surface area contributed by atoms with Crippen molar-refractivity contribution in [2.24, 2.45) is 5.92 Å². The minimum absolute atomic E-state index is 0.0147. The number of halogens is 1. The molecule has 1 amide bonds. The summed E-state index contributed by atoms with van der Waals surface area (Å²) in [6, 6.07) is 11.0. The number of nitrogens with one attached hydrogen (secondary N) is 1. The third-order valence-corrected chi connectivity index (χ3v) is 7.08. The van der Waals surface area contributed by atoms with Crippen LogP contribution in [0.25, 0.3) is 0 Å². The van der Waals surface area contributed by atoms with Crippen molar-refractivity contribution in [1.82, 2.24) is 14.6 Å². The lowest BCUT2D eigenvalue weighted by molar-refractivity contribution is -0.126. The molecule has 0 spiro atoms. The second-order valence-corrected chi connectivity index (χ2v) is 9.51. The molecule has 0 atom stereocenters. The molecule has 1 aliphatic heterocycles. The highest BCUT2D eigenvalue weighted by atomic mass is 79.9. The Kier molecular flexibility index (Phi) is 6.62. The van der Waals surface area contributed by atoms with Gasteiger partial charge in [-0.15, -0.1) is 0 Å². The van der Waals surface area contributed by atoms with Crippen molar-refractivity contribution >= 4 is 31.9 Å². The first kappa shape index (κ1) is 20.0. The van der Waals surface area contributed by atoms with Gasteiger partial charge in [0.15, 0.2) is 0 Å². The lowest BCUT2D eigenvalue weighted by Gasteiger charge is -2.30. The molecule has 1 aromatic carbocycles. The highest BCUT2D eigenvalue weighted by molar-refractivity contribution is 9.10. The average Bonchev–Trinajstić information content (AvgIpc) is 2.69. The molecule has 2 heterocycles. The monoisotopic (exact) mass is 451 g/mol. The minimum atomic E-state index is -3.37. The number of piperidine rings is 1. The number of sulfonamides is 1. The average molecular weight is 452 g/mol. The number of carbonyl (C=O) groups is 1. The molecule has 2 aromatic rings. The van der Waals surface area contributed by atoms with Gasteiger partial charge < -0.3 is 5.32 Å². The Hall–Kier alpha value is -1.77. The molecule has 6 nitrogen and oxygen atoms in total. The maximum absolute atomic E-state index is 12.6. The topological polar surface area (TPSA) is 79.4 Å². The van der Waals surface area contributed by atoms with Gasteiger partial charge in [0.2, 0.25) is 15.9 Å². The summed E-state index contributed by atoms with van der Waals surface area (Å²) in [5, 5.41) is 2.93. The quantitative estimate of drug-likeness (QED) is 0.731. The summed E-state index contributed by atoms with van der Waals surface area (Å²) in [6.07, 6.45) is 4.47. The van der Waals surface area contributed by atoms with E-state index in [0.29, 0.717) is 32.5 Å². The van der Waals surface area contributed by atoms with E-state index >= 15 is 0 Å². The van der Waals surface area contributed by atoms with Crippen LogP contribution in [-0.2, 0) is 27.1 Å². The van der Waals surface area contributed by atoms with Gasteiger partial charge in [-0.2, -0.15) is 0 Å². The number of carbonyl (C=O) groups excluding carboxylic acids is 1. The molecule has 144 valence electrons. The SMILES string of the molecule is O=C(NCc1ccncc1)C1CCN(S(=O)(=O)Cc2ccc(Br)cc2)CC1. The van der Waals surface area contributed by atoms with Gasteiger partial charge in [0, 0.05) is 42.4 Å². The molecule has 0 bridgehead atoms. The van der Waals surface area contributed by atoms with Gasteiger partial charge in [-0.25, -0.2) is 12.7 Å². The second-order valence-electron chi connectivity index (χ2n) is 6.63. The molecule has 0 unspecified atom stereocenters. The fraction of sp³-hybridized carbons (Fsp3) is 0.368. The van der Waals surface area contributed by atoms with E-state index < -0.39 is 10.0 Å². The lowest BCUT2D eigenvalue weighted by atomic mass is 9.97. The van der Waals surface area contributed by atoms with E-state index in [4.69, 9.17) is 0 Å². The van der Waals surface area contributed by atoms with E-state index in [0.717, 1.165) is 15.6 Å². The van der Waals surface area contributed by atoms with E-state index in [2.05, 4.69) is 26.2 Å². The van der Waals surface area contributed by atoms with Crippen LogP contribution in [0.4, 0.5) is 0 Å². The first-order valence-corrected chi connectivity index (χ1v) is 11.2. The lowest BCUT2D eigenvalue weighted by Crippen LogP contribution is -2.43. The summed E-state index contributed by atoms with van der Waals surface area (Å²) in [5.74, 6) is -0.179. The Morgan fingerprint density at radius 3 is 2.33 bits per heavy atom. The molecule has 0 radical (unpaired) electrons. The van der Waals surface area contributed by atoms with E-state index in [-0.39, 0.29) is 17.6 Å². The fourth-order valence-electron chi connectivity index (χ4n) is 3.11. The van der Waals surface area contributed by atoms with Gasteiger partial charge in [-0.3, -0.25) is 9.78 Å². The number of hydrogen-bond donors (Lipinski definition) is 1. The molecule has 1 N–H and O–H groups in total. The van der Waals surface area contributed by atoms with Crippen molar-refractivity contribution in [3.05, 3.63) is 64.4 Å². The number of benzene rings is 1. The molecule has 1 aromatic heterocycles. The van der Waals surface area contributed by atoms with E-state index in [1.54, 1.807) is 24.5 Å². The zero-order valence-corrected chi connectivity index (χ0v) is 17.2. The van der Waals surface area contributed by atoms with E-state index in [1.807, 2.05) is 24.3 Å². The van der Waals surface area contributed by atoms with E-state index in [9.17, 15) is 13.2 Å². The maximum atomic E-state index is 12.6. The van der Waals surface area contributed by atoms with Crippen molar-refractivity contribution < 1.29 is 13.2 Å². The second kappa shape index (κ2) is 8.95. The van der Waals surface area contributed by atoms with Crippen molar-refractivity contribution in [2.75, 3.05) is 13.1 Å². The van der Waals surface area contributed by atoms with Gasteiger partial charge in [0.25, 0.3) is 0 Å². The summed E-state index contributed by atoms with van der Waals surface area (Å²) < 4.78 is 27.7. The van der Waals surface area contributed by atoms with Gasteiger partial charge in [0.1, 0.15) is 0 Å². The van der Waals surface area contributed by atoms with Crippen LogP contribution in [0.5, 0.6) is 0 Å². The molecule has 1 saturated heterocycles. The van der Waals surface area contributed by atoms with Crippen molar-refractivity contribution in [2.45, 2.75) is 25.1 Å². The minimum Gasteiger partial charge on any atom is -0.352 e. The molecule has 8 heteroatoms. The Bertz CT molecular complexity index is 865. The first-order valence-electron chi connectivity index (χ1n) is 8.83. The van der Waals surface area contributed by atoms with Crippen LogP contribution in [0.15, 0.2) is 53.3 Å². The number of pyridine rings is 1. The summed E-state index contributed by atoms with van der Waals surface area (Å²) >= 11 is 3.35. The standard InChI is InChI=1S/C19H22BrN3O3S/c20-18-3-1-16(2-4-18)14-27(25,26)23-11-7-17(8-12-23)19(24)22-13-15-5-9-21-10-6-15/h1-6,9-10,17H,7-8,11-14H2,(H,22,24). The Morgan fingerprint density at radius 2 is 1.70 bits per heavy atom. The number of aromatic nitrogens is 1. The van der Waals surface area contributed by atoms with Crippen LogP contribution in [0.1, 0.15) is 24.0 Å². The predicted molar refractivity (Wildman–Crippen MR) is 107 cm³/mol. The largest absolute Gasteiger partial charge is 0.352 e. The summed E-state index contributed by atoms with van der Waals surface area (Å²) in [4.78, 5) is 16.3. The summed E-state index contributed by atoms with van der Waals surface area (Å²) in [6.45, 7) is 1.22. The normalized spacial score (nSPS) is 16.2. The fourth-order valence-corrected chi connectivity index (χ4v) is 4.94. The Morgan fingerprint density at radius 1 is 1.07 bits per heavy atom. The van der Waals surface area contributed by atoms with Crippen LogP contribution in [0.2, 0.25) is 0 Å². The zero-order chi connectivity index (χ0) is 19.3. The number of amides is 1. The van der Waals surface area contributed by atoms with Crippen molar-refractivity contribution in [3.63, 3.8) is 0 Å². The van der Waals surface area contributed by atoms with Crippen LogP contribution in [0.3, 0.4) is 0 Å². The smallest absolute Gasteiger partial charge is 0.223 e. The summed E-state index contributed by atoms with van der Waals surface area (Å²) in [7, 11) is -3.37. The van der Waals surface area contributed by atoms with Gasteiger partial charge >= 0.3 is 0 Å². The third-order valence-electron chi connectivity index (χ3n) is 4.70. The van der Waals surface area contributed by atoms with Gasteiger partial charge in [0.05, 0.1) is 5.75 Å². The number of nitrogens with zero attached hydrogens (tertiary/aromatic N) is 2. The molecule has 0 aliphatic carbocycles. The van der Waals surface area contributed by atoms with Crippen molar-refractivity contribution in [1.29, 1.82) is 0 Å². The van der Waals surface area contributed by atoms with Crippen LogP contribution < -0.4 is 5.32 Å². The Balaban J connectivity index is 1.50.